The second-order valence-corrected chi connectivity index (χ2v) is 14.0. The van der Waals surface area contributed by atoms with Crippen molar-refractivity contribution in [2.75, 3.05) is 57.6 Å². The number of rotatable bonds is 10. The first kappa shape index (κ1) is 35.7. The number of urea groups is 1. The number of nitrogens with one attached hydrogen (secondary N) is 2. The van der Waals surface area contributed by atoms with E-state index in [2.05, 4.69) is 20.0 Å². The Bertz CT molecular complexity index is 1700. The highest BCUT2D eigenvalue weighted by molar-refractivity contribution is 6.13. The lowest BCUT2D eigenvalue weighted by Crippen LogP contribution is -2.46. The van der Waals surface area contributed by atoms with Gasteiger partial charge in [-0.15, -0.1) is 0 Å². The zero-order valence-electron chi connectivity index (χ0n) is 28.7. The first-order valence-corrected chi connectivity index (χ1v) is 17.2. The molecule has 1 aliphatic heterocycles. The number of amides is 3. The summed E-state index contributed by atoms with van der Waals surface area (Å²) in [4.78, 5) is 56.1. The molecule has 2 aliphatic carbocycles. The van der Waals surface area contributed by atoms with Crippen molar-refractivity contribution in [1.82, 2.24) is 15.1 Å². The third kappa shape index (κ3) is 9.51. The molecular formula is C36H47N7O6. The summed E-state index contributed by atoms with van der Waals surface area (Å²) in [6.45, 7) is 0.371. The molecule has 3 aromatic rings. The van der Waals surface area contributed by atoms with Crippen LogP contribution in [0.25, 0.3) is 11.4 Å². The molecule has 2 aromatic carbocycles. The van der Waals surface area contributed by atoms with Gasteiger partial charge in [0.25, 0.3) is 0 Å². The quantitative estimate of drug-likeness (QED) is 0.307. The fourth-order valence-electron chi connectivity index (χ4n) is 6.57. The molecule has 2 fully saturated rings. The molecule has 2 heterocycles. The Morgan fingerprint density at radius 1 is 0.959 bits per heavy atom. The van der Waals surface area contributed by atoms with Crippen LogP contribution in [0.2, 0.25) is 0 Å². The van der Waals surface area contributed by atoms with Crippen LogP contribution in [0.5, 0.6) is 0 Å². The summed E-state index contributed by atoms with van der Waals surface area (Å²) in [5.41, 5.74) is 3.30. The summed E-state index contributed by atoms with van der Waals surface area (Å²) in [6.07, 6.45) is 8.98. The van der Waals surface area contributed by atoms with Gasteiger partial charge in [0, 0.05) is 28.7 Å². The summed E-state index contributed by atoms with van der Waals surface area (Å²) in [7, 11) is 6.04. The third-order valence-corrected chi connectivity index (χ3v) is 9.18. The number of carbonyl (C=O) groups excluding carboxylic acids is 3. The smallest absolute Gasteiger partial charge is 0.439 e. The van der Waals surface area contributed by atoms with Gasteiger partial charge in [0.2, 0.25) is 5.91 Å². The van der Waals surface area contributed by atoms with Crippen LogP contribution in [0.4, 0.5) is 16.2 Å². The number of fused-ring (bicyclic) bond motifs is 1. The second kappa shape index (κ2) is 16.2. The van der Waals surface area contributed by atoms with Gasteiger partial charge in [-0.05, 0) is 43.9 Å². The summed E-state index contributed by atoms with van der Waals surface area (Å²) in [6, 6.07) is 13.9. The van der Waals surface area contributed by atoms with Gasteiger partial charge in [-0.25, -0.2) is 14.6 Å². The van der Waals surface area contributed by atoms with E-state index in [1.165, 1.54) is 16.3 Å². The Balaban J connectivity index is 0.000000606. The van der Waals surface area contributed by atoms with Crippen molar-refractivity contribution in [3.05, 3.63) is 64.6 Å². The molecule has 6 rings (SSSR count). The molecule has 0 bridgehead atoms. The van der Waals surface area contributed by atoms with Crippen LogP contribution < -0.4 is 21.1 Å². The number of quaternary nitrogens is 1. The van der Waals surface area contributed by atoms with Gasteiger partial charge < -0.3 is 14.9 Å². The van der Waals surface area contributed by atoms with Crippen molar-refractivity contribution in [3.8, 4) is 11.4 Å². The number of benzene rings is 2. The van der Waals surface area contributed by atoms with E-state index in [1.54, 1.807) is 24.3 Å². The zero-order valence-corrected chi connectivity index (χ0v) is 28.7. The maximum absolute atomic E-state index is 14.1. The number of para-hydroxylation sites is 1. The Labute approximate surface area is 286 Å². The number of hydrogen-bond donors (Lipinski definition) is 2. The number of likely N-dealkylation sites (N-methyl/N-ethyl adjacent to an activating group) is 1. The predicted molar refractivity (Wildman–Crippen MR) is 185 cm³/mol. The standard InChI is InChI=1S/C31H34N6O5.C5H13NO/c38-26(20-9-4-5-10-20)18-36-25-16-7-6-15-24(25)28(21-11-2-1-3-12-21)34-37(31(36)41)19-27(39)32-23-14-8-13-22(17-23)29-33-30(40)42-35-29;1-6(2,3)4-5-7/h6-8,13-17,20-21H,1-5,9-12,18-19H2,(H,32,39)(H,33,35,40);4-5H2,1-3H3. The van der Waals surface area contributed by atoms with Gasteiger partial charge in [0.05, 0.1) is 45.6 Å². The van der Waals surface area contributed by atoms with Crippen molar-refractivity contribution in [2.24, 2.45) is 16.9 Å². The minimum Gasteiger partial charge on any atom is -0.850 e. The lowest BCUT2D eigenvalue weighted by Gasteiger charge is -2.26. The fraction of sp³-hybridized carbons (Fsp3) is 0.500. The van der Waals surface area contributed by atoms with Gasteiger partial charge in [0.15, 0.2) is 11.6 Å². The molecule has 3 aliphatic rings. The maximum Gasteiger partial charge on any atom is 0.439 e. The van der Waals surface area contributed by atoms with E-state index in [0.29, 0.717) is 16.9 Å². The topological polar surface area (TPSA) is 164 Å². The van der Waals surface area contributed by atoms with E-state index in [-0.39, 0.29) is 43.1 Å². The molecule has 13 nitrogen and oxygen atoms in total. The summed E-state index contributed by atoms with van der Waals surface area (Å²) >= 11 is 0. The number of nitrogens with zero attached hydrogens (tertiary/aromatic N) is 5. The molecule has 1 aromatic heterocycles. The average Bonchev–Trinajstić information content (AvgIpc) is 3.76. The van der Waals surface area contributed by atoms with Crippen LogP contribution in [0.3, 0.4) is 0 Å². The van der Waals surface area contributed by atoms with Gasteiger partial charge in [-0.2, -0.15) is 5.10 Å². The van der Waals surface area contributed by atoms with Gasteiger partial charge in [-0.1, -0.05) is 74.2 Å². The molecule has 262 valence electrons. The van der Waals surface area contributed by atoms with Crippen molar-refractivity contribution >= 4 is 34.8 Å². The first-order chi connectivity index (χ1) is 23.5. The van der Waals surface area contributed by atoms with E-state index < -0.39 is 17.7 Å². The van der Waals surface area contributed by atoms with E-state index in [1.807, 2.05) is 45.4 Å². The van der Waals surface area contributed by atoms with Crippen LogP contribution in [0, 0.1) is 11.8 Å². The molecule has 2 saturated carbocycles. The number of hydrazone groups is 1. The van der Waals surface area contributed by atoms with Crippen molar-refractivity contribution in [1.29, 1.82) is 0 Å². The van der Waals surface area contributed by atoms with Crippen molar-refractivity contribution in [3.63, 3.8) is 0 Å². The Morgan fingerprint density at radius 3 is 2.33 bits per heavy atom. The number of hydrogen-bond acceptors (Lipinski definition) is 8. The van der Waals surface area contributed by atoms with Crippen molar-refractivity contribution < 1.29 is 28.5 Å². The van der Waals surface area contributed by atoms with E-state index in [0.717, 1.165) is 73.7 Å². The normalized spacial score (nSPS) is 17.1. The molecule has 0 radical (unpaired) electrons. The number of anilines is 2. The number of Topliss-reactive ketones (excluding diaryl/α,β-unsaturated/α-hetero) is 1. The molecule has 3 amide bonds. The Morgan fingerprint density at radius 2 is 1.67 bits per heavy atom. The highest BCUT2D eigenvalue weighted by Gasteiger charge is 2.36. The summed E-state index contributed by atoms with van der Waals surface area (Å²) in [5, 5.41) is 22.5. The monoisotopic (exact) mass is 673 g/mol. The molecular weight excluding hydrogens is 626 g/mol. The van der Waals surface area contributed by atoms with Gasteiger partial charge in [-0.3, -0.25) is 24.0 Å². The first-order valence-electron chi connectivity index (χ1n) is 17.2. The van der Waals surface area contributed by atoms with E-state index in [4.69, 9.17) is 5.10 Å². The fourth-order valence-corrected chi connectivity index (χ4v) is 6.57. The molecule has 13 heteroatoms. The van der Waals surface area contributed by atoms with Crippen LogP contribution in [0.15, 0.2) is 62.9 Å². The minimum absolute atomic E-state index is 0.0312. The van der Waals surface area contributed by atoms with Crippen LogP contribution >= 0.6 is 0 Å². The molecule has 49 heavy (non-hydrogen) atoms. The number of aromatic amines is 1. The van der Waals surface area contributed by atoms with Crippen LogP contribution in [0.1, 0.15) is 63.4 Å². The zero-order chi connectivity index (χ0) is 35.0. The lowest BCUT2D eigenvalue weighted by molar-refractivity contribution is -0.875. The van der Waals surface area contributed by atoms with Crippen LogP contribution in [-0.4, -0.2) is 90.4 Å². The largest absolute Gasteiger partial charge is 0.850 e. The van der Waals surface area contributed by atoms with Gasteiger partial charge >= 0.3 is 11.8 Å². The highest BCUT2D eigenvalue weighted by atomic mass is 16.5. The lowest BCUT2D eigenvalue weighted by atomic mass is 9.83. The number of H-pyrrole nitrogens is 1. The highest BCUT2D eigenvalue weighted by Crippen LogP contribution is 2.35. The second-order valence-electron chi connectivity index (χ2n) is 14.0. The molecule has 0 unspecified atom stereocenters. The predicted octanol–water partition coefficient (Wildman–Crippen LogP) is 4.01. The average molecular weight is 674 g/mol. The molecule has 0 spiro atoms. The van der Waals surface area contributed by atoms with Crippen molar-refractivity contribution in [2.45, 2.75) is 57.8 Å². The Kier molecular flexibility index (Phi) is 11.8. The molecule has 0 saturated heterocycles. The number of carbonyl (C=O) groups is 3. The SMILES string of the molecule is C[N+](C)(C)CC[O-].O=C(CN1N=C(C2CCCCC2)c2ccccc2N(CC(=O)C2CCCC2)C1=O)Nc1cccc(-c2noc(=O)[nH]2)c1. The molecule has 0 atom stereocenters. The maximum atomic E-state index is 14.1. The summed E-state index contributed by atoms with van der Waals surface area (Å²) < 4.78 is 5.37. The van der Waals surface area contributed by atoms with Gasteiger partial charge in [0.1, 0.15) is 6.54 Å². The molecule has 2 N–H and O–H groups in total. The summed E-state index contributed by atoms with van der Waals surface area (Å²) in [5.74, 6) is -0.734. The number of ketones is 1. The van der Waals surface area contributed by atoms with Crippen LogP contribution in [-0.2, 0) is 9.59 Å². The number of aromatic nitrogens is 2. The third-order valence-electron chi connectivity index (χ3n) is 9.18. The van der Waals surface area contributed by atoms with E-state index >= 15 is 0 Å². The minimum atomic E-state index is -0.678. The van der Waals surface area contributed by atoms with E-state index in [9.17, 15) is 24.3 Å². The Hall–Kier alpha value is -4.62.